The summed E-state index contributed by atoms with van der Waals surface area (Å²) >= 11 is 0. The fourth-order valence-electron chi connectivity index (χ4n) is 2.01. The molecule has 0 heterocycles. The summed E-state index contributed by atoms with van der Waals surface area (Å²) in [5, 5.41) is 2.81. The van der Waals surface area contributed by atoms with Crippen LogP contribution in [0.15, 0.2) is 48.5 Å². The average molecular weight is 310 g/mol. The highest BCUT2D eigenvalue weighted by Crippen LogP contribution is 2.23. The number of aryl methyl sites for hydroxylation is 1. The highest BCUT2D eigenvalue weighted by atomic mass is 16.5. The van der Waals surface area contributed by atoms with E-state index in [1.54, 1.807) is 12.1 Å². The summed E-state index contributed by atoms with van der Waals surface area (Å²) in [7, 11) is 0. The number of nitrogens with one attached hydrogen (secondary N) is 1. The van der Waals surface area contributed by atoms with Gasteiger partial charge in [0.2, 0.25) is 5.91 Å². The van der Waals surface area contributed by atoms with Gasteiger partial charge in [-0.2, -0.15) is 0 Å². The van der Waals surface area contributed by atoms with E-state index in [0.29, 0.717) is 18.0 Å². The van der Waals surface area contributed by atoms with Gasteiger partial charge >= 0.3 is 0 Å². The molecule has 2 rings (SSSR count). The second-order valence-corrected chi connectivity index (χ2v) is 5.33. The van der Waals surface area contributed by atoms with Gasteiger partial charge in [-0.05, 0) is 49.2 Å². The first-order chi connectivity index (χ1) is 11.1. The van der Waals surface area contributed by atoms with E-state index in [2.05, 4.69) is 5.32 Å². The fourth-order valence-corrected chi connectivity index (χ4v) is 2.01. The van der Waals surface area contributed by atoms with Crippen molar-refractivity contribution in [3.8, 4) is 5.75 Å². The van der Waals surface area contributed by atoms with E-state index in [-0.39, 0.29) is 5.91 Å². The number of rotatable bonds is 6. The Morgan fingerprint density at radius 1 is 1.22 bits per heavy atom. The number of hydrogen-bond acceptors (Lipinski definition) is 3. The molecule has 3 N–H and O–H groups in total. The zero-order chi connectivity index (χ0) is 16.7. The van der Waals surface area contributed by atoms with E-state index < -0.39 is 0 Å². The molecule has 2 aromatic carbocycles. The van der Waals surface area contributed by atoms with E-state index >= 15 is 0 Å². The third-order valence-electron chi connectivity index (χ3n) is 3.24. The molecule has 0 spiro atoms. The number of benzene rings is 2. The van der Waals surface area contributed by atoms with E-state index in [0.717, 1.165) is 23.2 Å². The van der Waals surface area contributed by atoms with Crippen LogP contribution >= 0.6 is 0 Å². The maximum Gasteiger partial charge on any atom is 0.248 e. The zero-order valence-electron chi connectivity index (χ0n) is 13.5. The van der Waals surface area contributed by atoms with Crippen molar-refractivity contribution in [3.63, 3.8) is 0 Å². The summed E-state index contributed by atoms with van der Waals surface area (Å²) in [5.74, 6) is 0.492. The number of hydrogen-bond donors (Lipinski definition) is 2. The second kappa shape index (κ2) is 8.03. The Balaban J connectivity index is 1.97. The first kappa shape index (κ1) is 16.6. The van der Waals surface area contributed by atoms with Gasteiger partial charge in [0, 0.05) is 11.8 Å². The zero-order valence-corrected chi connectivity index (χ0v) is 13.5. The highest BCUT2D eigenvalue weighted by Gasteiger charge is 2.01. The lowest BCUT2D eigenvalue weighted by molar-refractivity contribution is -0.111. The first-order valence-electron chi connectivity index (χ1n) is 7.66. The highest BCUT2D eigenvalue weighted by molar-refractivity contribution is 6.02. The first-order valence-corrected chi connectivity index (χ1v) is 7.66. The van der Waals surface area contributed by atoms with Crippen LogP contribution in [0.25, 0.3) is 6.08 Å². The summed E-state index contributed by atoms with van der Waals surface area (Å²) in [4.78, 5) is 11.9. The molecule has 0 aliphatic carbocycles. The van der Waals surface area contributed by atoms with Crippen LogP contribution in [0.1, 0.15) is 24.5 Å². The Labute approximate surface area is 137 Å². The van der Waals surface area contributed by atoms with Gasteiger partial charge in [0.25, 0.3) is 0 Å². The van der Waals surface area contributed by atoms with Crippen LogP contribution < -0.4 is 15.8 Å². The fraction of sp³-hybridized carbons (Fsp3) is 0.211. The molecule has 4 heteroatoms. The molecule has 0 radical (unpaired) electrons. The van der Waals surface area contributed by atoms with Gasteiger partial charge in [-0.15, -0.1) is 0 Å². The van der Waals surface area contributed by atoms with Gasteiger partial charge in [-0.25, -0.2) is 0 Å². The Hall–Kier alpha value is -2.75. The van der Waals surface area contributed by atoms with Gasteiger partial charge in [0.05, 0.1) is 12.3 Å². The summed E-state index contributed by atoms with van der Waals surface area (Å²) < 4.78 is 5.53. The summed E-state index contributed by atoms with van der Waals surface area (Å²) in [5.41, 5.74) is 9.29. The lowest BCUT2D eigenvalue weighted by Crippen LogP contribution is -2.07. The summed E-state index contributed by atoms with van der Waals surface area (Å²) in [6.07, 6.45) is 4.14. The van der Waals surface area contributed by atoms with Crippen LogP contribution in [-0.4, -0.2) is 12.5 Å². The Bertz CT molecular complexity index is 691. The topological polar surface area (TPSA) is 64.3 Å². The van der Waals surface area contributed by atoms with Gasteiger partial charge in [0.1, 0.15) is 5.75 Å². The second-order valence-electron chi connectivity index (χ2n) is 5.33. The van der Waals surface area contributed by atoms with Gasteiger partial charge in [0.15, 0.2) is 0 Å². The molecular formula is C19H22N2O2. The quantitative estimate of drug-likeness (QED) is 0.625. The number of anilines is 2. The van der Waals surface area contributed by atoms with Crippen molar-refractivity contribution in [2.24, 2.45) is 0 Å². The predicted octanol–water partition coefficient (Wildman–Crippen LogP) is 4.02. The molecule has 0 fully saturated rings. The third-order valence-corrected chi connectivity index (χ3v) is 3.24. The van der Waals surface area contributed by atoms with Crippen molar-refractivity contribution in [1.29, 1.82) is 0 Å². The van der Waals surface area contributed by atoms with Crippen LogP contribution in [0.5, 0.6) is 5.75 Å². The van der Waals surface area contributed by atoms with E-state index in [1.165, 1.54) is 6.08 Å². The van der Waals surface area contributed by atoms with Gasteiger partial charge in [-0.3, -0.25) is 4.79 Å². The summed E-state index contributed by atoms with van der Waals surface area (Å²) in [6, 6.07) is 13.1. The number of ether oxygens (including phenoxy) is 1. The molecule has 23 heavy (non-hydrogen) atoms. The Kier molecular flexibility index (Phi) is 5.80. The van der Waals surface area contributed by atoms with E-state index in [9.17, 15) is 4.79 Å². The van der Waals surface area contributed by atoms with Crippen LogP contribution in [0.2, 0.25) is 0 Å². The van der Waals surface area contributed by atoms with Crippen molar-refractivity contribution < 1.29 is 9.53 Å². The maximum atomic E-state index is 11.9. The molecule has 0 saturated carbocycles. The third kappa shape index (κ3) is 5.18. The van der Waals surface area contributed by atoms with Gasteiger partial charge in [-0.1, -0.05) is 30.7 Å². The molecule has 2 aromatic rings. The van der Waals surface area contributed by atoms with Crippen LogP contribution in [-0.2, 0) is 4.79 Å². The minimum absolute atomic E-state index is 0.182. The van der Waals surface area contributed by atoms with Gasteiger partial charge < -0.3 is 15.8 Å². The minimum Gasteiger partial charge on any atom is -0.491 e. The van der Waals surface area contributed by atoms with Crippen molar-refractivity contribution in [2.75, 3.05) is 17.7 Å². The Morgan fingerprint density at radius 2 is 1.96 bits per heavy atom. The van der Waals surface area contributed by atoms with Crippen molar-refractivity contribution in [3.05, 3.63) is 59.7 Å². The van der Waals surface area contributed by atoms with E-state index in [1.807, 2.05) is 50.2 Å². The van der Waals surface area contributed by atoms with Crippen molar-refractivity contribution >= 4 is 23.4 Å². The molecule has 0 aliphatic rings. The molecule has 4 nitrogen and oxygen atoms in total. The molecule has 0 bridgehead atoms. The molecule has 0 unspecified atom stereocenters. The average Bonchev–Trinajstić information content (AvgIpc) is 2.54. The lowest BCUT2D eigenvalue weighted by atomic mass is 10.1. The number of carbonyl (C=O) groups excluding carboxylic acids is 1. The molecular weight excluding hydrogens is 288 g/mol. The lowest BCUT2D eigenvalue weighted by Gasteiger charge is -2.08. The largest absolute Gasteiger partial charge is 0.491 e. The molecule has 0 saturated heterocycles. The molecule has 0 aliphatic heterocycles. The molecule has 0 aromatic heterocycles. The monoisotopic (exact) mass is 310 g/mol. The van der Waals surface area contributed by atoms with Crippen molar-refractivity contribution in [2.45, 2.75) is 20.3 Å². The number of carbonyl (C=O) groups is 1. The smallest absolute Gasteiger partial charge is 0.248 e. The molecule has 0 atom stereocenters. The summed E-state index contributed by atoms with van der Waals surface area (Å²) in [6.45, 7) is 4.68. The molecule has 120 valence electrons. The minimum atomic E-state index is -0.182. The van der Waals surface area contributed by atoms with Crippen LogP contribution in [0, 0.1) is 6.92 Å². The maximum absolute atomic E-state index is 11.9. The SMILES string of the molecule is CCCOc1ccc(/C=C\C(=O)Nc2ccc(C)cc2)cc1N. The number of amides is 1. The van der Waals surface area contributed by atoms with Crippen LogP contribution in [0.3, 0.4) is 0 Å². The number of nitrogen functional groups attached to an aromatic ring is 1. The number of nitrogens with two attached hydrogens (primary N) is 1. The molecule has 1 amide bonds. The normalized spacial score (nSPS) is 10.7. The van der Waals surface area contributed by atoms with E-state index in [4.69, 9.17) is 10.5 Å². The predicted molar refractivity (Wildman–Crippen MR) is 95.5 cm³/mol. The standard InChI is InChI=1S/C19H22N2O2/c1-3-12-23-18-10-6-15(13-17(18)20)7-11-19(22)21-16-8-4-14(2)5-9-16/h4-11,13H,3,12,20H2,1-2H3,(H,21,22)/b11-7-. The van der Waals surface area contributed by atoms with Crippen LogP contribution in [0.4, 0.5) is 11.4 Å². The van der Waals surface area contributed by atoms with Crippen molar-refractivity contribution in [1.82, 2.24) is 0 Å². The Morgan fingerprint density at radius 3 is 2.61 bits per heavy atom.